The lowest BCUT2D eigenvalue weighted by Crippen LogP contribution is -3.00. The number of nitrogens with zero attached hydrogens (tertiary/aromatic N) is 2. The lowest BCUT2D eigenvalue weighted by molar-refractivity contribution is -0.505. The molecule has 3 aromatic rings. The van der Waals surface area contributed by atoms with Crippen molar-refractivity contribution in [1.29, 1.82) is 5.41 Å². The van der Waals surface area contributed by atoms with Crippen LogP contribution in [0.15, 0.2) is 42.0 Å². The number of nitrogens with one attached hydrogen (secondary N) is 1. The molecule has 0 unspecified atom stereocenters. The standard InChI is InChI=1S/C13H13N4S.ClH/c1-16-11(8-17-6-7-18-13(16)17)9-2-4-10(5-3-9)12(14)15;/h2-8H,1H3,(H3,14,15);1H/q+1;/p-1. The highest BCUT2D eigenvalue weighted by Gasteiger charge is 2.16. The Balaban J connectivity index is 0.00000133. The van der Waals surface area contributed by atoms with Gasteiger partial charge in [0.15, 0.2) is 5.69 Å². The molecule has 0 bridgehead atoms. The molecule has 0 aliphatic heterocycles. The lowest BCUT2D eigenvalue weighted by Gasteiger charge is -2.00. The van der Waals surface area contributed by atoms with Crippen LogP contribution in [0.5, 0.6) is 0 Å². The Kier molecular flexibility index (Phi) is 3.59. The molecule has 0 atom stereocenters. The predicted molar refractivity (Wildman–Crippen MR) is 72.9 cm³/mol. The molecule has 0 radical (unpaired) electrons. The molecule has 0 spiro atoms. The summed E-state index contributed by atoms with van der Waals surface area (Å²) in [7, 11) is 2.06. The molecule has 6 heteroatoms. The van der Waals surface area contributed by atoms with Crippen molar-refractivity contribution in [2.24, 2.45) is 12.8 Å². The summed E-state index contributed by atoms with van der Waals surface area (Å²) in [5.74, 6) is 0.101. The van der Waals surface area contributed by atoms with Gasteiger partial charge < -0.3 is 18.1 Å². The fraction of sp³-hybridized carbons (Fsp3) is 0.0769. The predicted octanol–water partition coefficient (Wildman–Crippen LogP) is -1.22. The third kappa shape index (κ3) is 2.22. The highest BCUT2D eigenvalue weighted by molar-refractivity contribution is 7.14. The molecule has 0 saturated heterocycles. The summed E-state index contributed by atoms with van der Waals surface area (Å²) in [6, 6.07) is 7.75. The van der Waals surface area contributed by atoms with Crippen molar-refractivity contribution in [3.05, 3.63) is 47.6 Å². The fourth-order valence-electron chi connectivity index (χ4n) is 2.04. The third-order valence-electron chi connectivity index (χ3n) is 3.02. The maximum absolute atomic E-state index is 7.39. The van der Waals surface area contributed by atoms with Gasteiger partial charge in [-0.25, -0.2) is 4.57 Å². The average Bonchev–Trinajstić information content (AvgIpc) is 2.93. The second-order valence-electron chi connectivity index (χ2n) is 4.16. The number of hydrogen-bond donors (Lipinski definition) is 2. The highest BCUT2D eigenvalue weighted by Crippen LogP contribution is 2.21. The molecule has 19 heavy (non-hydrogen) atoms. The van der Waals surface area contributed by atoms with E-state index in [1.807, 2.05) is 30.5 Å². The lowest BCUT2D eigenvalue weighted by atomic mass is 10.1. The molecule has 2 aromatic heterocycles. The first-order chi connectivity index (χ1) is 8.66. The van der Waals surface area contributed by atoms with E-state index in [-0.39, 0.29) is 18.2 Å². The molecule has 0 aliphatic rings. The molecular weight excluding hydrogens is 280 g/mol. The van der Waals surface area contributed by atoms with E-state index in [1.54, 1.807) is 11.3 Å². The second-order valence-corrected chi connectivity index (χ2v) is 5.03. The molecule has 1 aromatic carbocycles. The number of benzene rings is 1. The van der Waals surface area contributed by atoms with Crippen molar-refractivity contribution >= 4 is 22.1 Å². The molecule has 2 heterocycles. The molecule has 98 valence electrons. The minimum atomic E-state index is 0. The summed E-state index contributed by atoms with van der Waals surface area (Å²) < 4.78 is 4.27. The van der Waals surface area contributed by atoms with Gasteiger partial charge >= 0.3 is 4.96 Å². The van der Waals surface area contributed by atoms with Crippen LogP contribution in [0, 0.1) is 5.41 Å². The number of imidazole rings is 1. The van der Waals surface area contributed by atoms with E-state index in [0.29, 0.717) is 0 Å². The normalized spacial score (nSPS) is 10.4. The van der Waals surface area contributed by atoms with Gasteiger partial charge in [0.05, 0.1) is 7.05 Å². The second kappa shape index (κ2) is 5.03. The van der Waals surface area contributed by atoms with Gasteiger partial charge in [-0.1, -0.05) is 23.5 Å². The van der Waals surface area contributed by atoms with Gasteiger partial charge in [0.1, 0.15) is 18.2 Å². The van der Waals surface area contributed by atoms with Crippen LogP contribution in [0.25, 0.3) is 16.2 Å². The van der Waals surface area contributed by atoms with E-state index in [1.165, 1.54) is 4.96 Å². The number of nitrogen functional groups attached to an aromatic ring is 1. The van der Waals surface area contributed by atoms with Gasteiger partial charge in [0, 0.05) is 16.5 Å². The summed E-state index contributed by atoms with van der Waals surface area (Å²) in [5, 5.41) is 9.45. The molecule has 3 rings (SSSR count). The van der Waals surface area contributed by atoms with Gasteiger partial charge in [-0.3, -0.25) is 5.41 Å². The van der Waals surface area contributed by atoms with Gasteiger partial charge in [0.2, 0.25) is 0 Å². The summed E-state index contributed by atoms with van der Waals surface area (Å²) in [6.07, 6.45) is 4.15. The minimum Gasteiger partial charge on any atom is -1.00 e. The highest BCUT2D eigenvalue weighted by atomic mass is 35.5. The van der Waals surface area contributed by atoms with Crippen LogP contribution in [0.1, 0.15) is 5.56 Å². The van der Waals surface area contributed by atoms with Crippen molar-refractivity contribution in [1.82, 2.24) is 4.57 Å². The van der Waals surface area contributed by atoms with Crippen molar-refractivity contribution < 1.29 is 16.8 Å². The van der Waals surface area contributed by atoms with E-state index in [4.69, 9.17) is 11.1 Å². The zero-order valence-electron chi connectivity index (χ0n) is 10.3. The zero-order valence-corrected chi connectivity index (χ0v) is 11.9. The van der Waals surface area contributed by atoms with Gasteiger partial charge in [-0.15, -0.1) is 0 Å². The van der Waals surface area contributed by atoms with Crippen molar-refractivity contribution in [3.8, 4) is 11.3 Å². The Morgan fingerprint density at radius 1 is 1.32 bits per heavy atom. The number of fused-ring (bicyclic) bond motifs is 1. The van der Waals surface area contributed by atoms with Crippen LogP contribution >= 0.6 is 11.3 Å². The Morgan fingerprint density at radius 2 is 2.00 bits per heavy atom. The first kappa shape index (κ1) is 13.6. The smallest absolute Gasteiger partial charge is 0.345 e. The van der Waals surface area contributed by atoms with Gasteiger partial charge in [-0.05, 0) is 12.1 Å². The van der Waals surface area contributed by atoms with Crippen LogP contribution in [0.3, 0.4) is 0 Å². The van der Waals surface area contributed by atoms with Crippen LogP contribution in [0.4, 0.5) is 0 Å². The summed E-state index contributed by atoms with van der Waals surface area (Å²) in [4.78, 5) is 1.20. The molecular formula is C13H13ClN4S. The number of thiazole rings is 1. The number of hydrogen-bond acceptors (Lipinski definition) is 2. The molecule has 3 N–H and O–H groups in total. The van der Waals surface area contributed by atoms with Crippen LogP contribution in [-0.2, 0) is 7.05 Å². The van der Waals surface area contributed by atoms with E-state index >= 15 is 0 Å². The first-order valence-corrected chi connectivity index (χ1v) is 6.44. The maximum Gasteiger partial charge on any atom is 0.345 e. The minimum absolute atomic E-state index is 0. The molecule has 0 fully saturated rings. The SMILES string of the molecule is Cn1c(-c2ccc(C(=N)N)cc2)c[n+]2ccsc12.[Cl-]. The summed E-state index contributed by atoms with van der Waals surface area (Å²) >= 11 is 1.71. The molecule has 0 aliphatic carbocycles. The quantitative estimate of drug-likeness (QED) is 0.347. The van der Waals surface area contributed by atoms with Crippen LogP contribution < -0.4 is 22.5 Å². The van der Waals surface area contributed by atoms with Gasteiger partial charge in [-0.2, -0.15) is 4.40 Å². The fourth-order valence-corrected chi connectivity index (χ4v) is 2.85. The number of rotatable bonds is 2. The summed E-state index contributed by atoms with van der Waals surface area (Å²) in [6.45, 7) is 0. The number of aryl methyl sites for hydroxylation is 1. The Hall–Kier alpha value is -1.85. The molecule has 4 nitrogen and oxygen atoms in total. The number of aromatic nitrogens is 2. The first-order valence-electron chi connectivity index (χ1n) is 5.56. The monoisotopic (exact) mass is 292 g/mol. The Bertz CT molecular complexity index is 727. The van der Waals surface area contributed by atoms with Crippen LogP contribution in [0.2, 0.25) is 0 Å². The Labute approximate surface area is 121 Å². The average molecular weight is 293 g/mol. The number of amidine groups is 1. The maximum atomic E-state index is 7.39. The van der Waals surface area contributed by atoms with E-state index in [2.05, 4.69) is 27.6 Å². The van der Waals surface area contributed by atoms with E-state index in [9.17, 15) is 0 Å². The van der Waals surface area contributed by atoms with E-state index < -0.39 is 0 Å². The topological polar surface area (TPSA) is 58.9 Å². The number of halogens is 1. The van der Waals surface area contributed by atoms with Crippen LogP contribution in [-0.4, -0.2) is 10.4 Å². The van der Waals surface area contributed by atoms with E-state index in [0.717, 1.165) is 16.8 Å². The third-order valence-corrected chi connectivity index (χ3v) is 3.97. The zero-order chi connectivity index (χ0) is 12.7. The largest absolute Gasteiger partial charge is 1.00 e. The van der Waals surface area contributed by atoms with Crippen molar-refractivity contribution in [3.63, 3.8) is 0 Å². The summed E-state index contributed by atoms with van der Waals surface area (Å²) in [5.41, 5.74) is 8.48. The van der Waals surface area contributed by atoms with Gasteiger partial charge in [0.25, 0.3) is 0 Å². The molecule has 0 saturated carbocycles. The van der Waals surface area contributed by atoms with Crippen molar-refractivity contribution in [2.45, 2.75) is 0 Å². The van der Waals surface area contributed by atoms with Crippen molar-refractivity contribution in [2.75, 3.05) is 0 Å². The number of nitrogens with two attached hydrogens (primary N) is 1. The Morgan fingerprint density at radius 3 is 2.58 bits per heavy atom. The molecule has 0 amide bonds.